The lowest BCUT2D eigenvalue weighted by Gasteiger charge is -2.25. The zero-order valence-electron chi connectivity index (χ0n) is 14.7. The van der Waals surface area contributed by atoms with Crippen LogP contribution in [0.25, 0.3) is 0 Å². The topological polar surface area (TPSA) is 113 Å². The van der Waals surface area contributed by atoms with E-state index >= 15 is 0 Å². The molecule has 0 spiro atoms. The van der Waals surface area contributed by atoms with Gasteiger partial charge in [0.2, 0.25) is 10.0 Å². The van der Waals surface area contributed by atoms with Gasteiger partial charge in [-0.1, -0.05) is 18.6 Å². The zero-order valence-corrected chi connectivity index (χ0v) is 15.5. The van der Waals surface area contributed by atoms with Crippen LogP contribution in [0.4, 0.5) is 17.1 Å². The van der Waals surface area contributed by atoms with E-state index in [0.29, 0.717) is 24.3 Å². The summed E-state index contributed by atoms with van der Waals surface area (Å²) in [7, 11) is -3.75. The molecule has 0 radical (unpaired) electrons. The van der Waals surface area contributed by atoms with E-state index in [1.54, 1.807) is 24.3 Å². The SMILES string of the molecule is O=[N+]([O-])c1cc(S(=O)(=O)N2CCCCC2)ccc1Nc1cccc(CO)c1. The molecule has 0 aromatic heterocycles. The fourth-order valence-corrected chi connectivity index (χ4v) is 4.62. The fourth-order valence-electron chi connectivity index (χ4n) is 3.09. The Balaban J connectivity index is 1.94. The molecule has 8 nitrogen and oxygen atoms in total. The van der Waals surface area contributed by atoms with Gasteiger partial charge in [-0.15, -0.1) is 0 Å². The lowest BCUT2D eigenvalue weighted by molar-refractivity contribution is -0.384. The number of hydrogen-bond donors (Lipinski definition) is 2. The van der Waals surface area contributed by atoms with E-state index < -0.39 is 14.9 Å². The first kappa shape index (κ1) is 19.3. The minimum Gasteiger partial charge on any atom is -0.392 e. The molecule has 0 bridgehead atoms. The van der Waals surface area contributed by atoms with Gasteiger partial charge in [0.15, 0.2) is 0 Å². The van der Waals surface area contributed by atoms with E-state index in [1.165, 1.54) is 16.4 Å². The summed E-state index contributed by atoms with van der Waals surface area (Å²) in [6.45, 7) is 0.721. The molecule has 0 unspecified atom stereocenters. The second-order valence-corrected chi connectivity index (χ2v) is 8.32. The van der Waals surface area contributed by atoms with Crippen molar-refractivity contribution in [1.29, 1.82) is 0 Å². The Bertz CT molecular complexity index is 940. The average molecular weight is 391 g/mol. The van der Waals surface area contributed by atoms with E-state index in [4.69, 9.17) is 0 Å². The van der Waals surface area contributed by atoms with Gasteiger partial charge in [0.1, 0.15) is 5.69 Å². The van der Waals surface area contributed by atoms with E-state index in [1.807, 2.05) is 0 Å². The number of piperidine rings is 1. The molecule has 2 aromatic carbocycles. The van der Waals surface area contributed by atoms with Gasteiger partial charge in [-0.3, -0.25) is 10.1 Å². The Labute approximate surface area is 157 Å². The highest BCUT2D eigenvalue weighted by molar-refractivity contribution is 7.89. The highest BCUT2D eigenvalue weighted by atomic mass is 32.2. The second kappa shape index (κ2) is 8.03. The van der Waals surface area contributed by atoms with Crippen LogP contribution in [0.2, 0.25) is 0 Å². The molecule has 2 N–H and O–H groups in total. The number of nitro groups is 1. The Hall–Kier alpha value is -2.49. The molecule has 9 heteroatoms. The summed E-state index contributed by atoms with van der Waals surface area (Å²) >= 11 is 0. The number of nitrogens with one attached hydrogen (secondary N) is 1. The number of benzene rings is 2. The van der Waals surface area contributed by atoms with Gasteiger partial charge in [-0.2, -0.15) is 4.31 Å². The standard InChI is InChI=1S/C18H21N3O5S/c22-13-14-5-4-6-15(11-14)19-17-8-7-16(12-18(17)21(23)24)27(25,26)20-9-2-1-3-10-20/h4-8,11-12,19,22H,1-3,9-10,13H2. The van der Waals surface area contributed by atoms with Crippen molar-refractivity contribution in [2.45, 2.75) is 30.8 Å². The molecule has 3 rings (SSSR count). The normalized spacial score (nSPS) is 15.4. The van der Waals surface area contributed by atoms with Gasteiger partial charge in [0.25, 0.3) is 5.69 Å². The molecular formula is C18H21N3O5S. The largest absolute Gasteiger partial charge is 0.392 e. The van der Waals surface area contributed by atoms with E-state index in [2.05, 4.69) is 5.32 Å². The average Bonchev–Trinajstić information content (AvgIpc) is 2.68. The predicted molar refractivity (Wildman–Crippen MR) is 101 cm³/mol. The summed E-state index contributed by atoms with van der Waals surface area (Å²) in [6, 6.07) is 10.7. The first-order valence-corrected chi connectivity index (χ1v) is 10.1. The van der Waals surface area contributed by atoms with Crippen LogP contribution < -0.4 is 5.32 Å². The van der Waals surface area contributed by atoms with Crippen LogP contribution in [0.15, 0.2) is 47.4 Å². The van der Waals surface area contributed by atoms with Crippen molar-refractivity contribution in [2.24, 2.45) is 0 Å². The van der Waals surface area contributed by atoms with Gasteiger partial charge in [-0.25, -0.2) is 8.42 Å². The molecule has 1 saturated heterocycles. The smallest absolute Gasteiger partial charge is 0.294 e. The molecule has 0 aliphatic carbocycles. The quantitative estimate of drug-likeness (QED) is 0.578. The molecule has 144 valence electrons. The van der Waals surface area contributed by atoms with Gasteiger partial charge >= 0.3 is 0 Å². The van der Waals surface area contributed by atoms with Crippen molar-refractivity contribution in [2.75, 3.05) is 18.4 Å². The maximum absolute atomic E-state index is 12.8. The third-order valence-electron chi connectivity index (χ3n) is 4.51. The number of aliphatic hydroxyl groups is 1. The summed E-state index contributed by atoms with van der Waals surface area (Å²) < 4.78 is 26.9. The third-order valence-corrected chi connectivity index (χ3v) is 6.40. The van der Waals surface area contributed by atoms with Crippen LogP contribution in [0, 0.1) is 10.1 Å². The number of sulfonamides is 1. The van der Waals surface area contributed by atoms with Crippen molar-refractivity contribution in [1.82, 2.24) is 4.31 Å². The maximum atomic E-state index is 12.8. The molecule has 0 atom stereocenters. The van der Waals surface area contributed by atoms with Gasteiger partial charge in [0, 0.05) is 24.8 Å². The number of nitrogens with zero attached hydrogens (tertiary/aromatic N) is 2. The first-order valence-electron chi connectivity index (χ1n) is 8.67. The fraction of sp³-hybridized carbons (Fsp3) is 0.333. The molecule has 2 aromatic rings. The van der Waals surface area contributed by atoms with Crippen molar-refractivity contribution in [3.8, 4) is 0 Å². The Morgan fingerprint density at radius 3 is 2.52 bits per heavy atom. The van der Waals surface area contributed by atoms with Crippen LogP contribution in [0.1, 0.15) is 24.8 Å². The summed E-state index contributed by atoms with van der Waals surface area (Å²) in [5.74, 6) is 0. The van der Waals surface area contributed by atoms with Crippen LogP contribution in [-0.4, -0.2) is 35.8 Å². The Morgan fingerprint density at radius 2 is 1.85 bits per heavy atom. The monoisotopic (exact) mass is 391 g/mol. The molecular weight excluding hydrogens is 370 g/mol. The lowest BCUT2D eigenvalue weighted by atomic mass is 10.2. The number of hydrogen-bond acceptors (Lipinski definition) is 6. The van der Waals surface area contributed by atoms with Crippen LogP contribution in [0.3, 0.4) is 0 Å². The number of anilines is 2. The number of rotatable bonds is 6. The first-order chi connectivity index (χ1) is 12.9. The van der Waals surface area contributed by atoms with Crippen molar-refractivity contribution in [3.05, 3.63) is 58.1 Å². The maximum Gasteiger partial charge on any atom is 0.294 e. The summed E-state index contributed by atoms with van der Waals surface area (Å²) in [4.78, 5) is 10.8. The molecule has 1 aliphatic rings. The van der Waals surface area contributed by atoms with Crippen LogP contribution in [0.5, 0.6) is 0 Å². The van der Waals surface area contributed by atoms with Crippen LogP contribution >= 0.6 is 0 Å². The van der Waals surface area contributed by atoms with E-state index in [-0.39, 0.29) is 22.9 Å². The Kier molecular flexibility index (Phi) is 5.73. The highest BCUT2D eigenvalue weighted by Crippen LogP contribution is 2.32. The molecule has 1 heterocycles. The summed E-state index contributed by atoms with van der Waals surface area (Å²) in [5, 5.41) is 23.6. The molecule has 0 amide bonds. The second-order valence-electron chi connectivity index (χ2n) is 6.38. The summed E-state index contributed by atoms with van der Waals surface area (Å²) in [6.07, 6.45) is 2.58. The summed E-state index contributed by atoms with van der Waals surface area (Å²) in [5.41, 5.74) is 1.10. The van der Waals surface area contributed by atoms with E-state index in [0.717, 1.165) is 25.3 Å². The predicted octanol–water partition coefficient (Wildman–Crippen LogP) is 3.01. The molecule has 27 heavy (non-hydrogen) atoms. The molecule has 0 saturated carbocycles. The van der Waals surface area contributed by atoms with Gasteiger partial charge in [0.05, 0.1) is 16.4 Å². The number of nitro benzene ring substituents is 1. The van der Waals surface area contributed by atoms with Crippen molar-refractivity contribution >= 4 is 27.1 Å². The minimum atomic E-state index is -3.75. The van der Waals surface area contributed by atoms with Crippen molar-refractivity contribution in [3.63, 3.8) is 0 Å². The van der Waals surface area contributed by atoms with Gasteiger partial charge in [-0.05, 0) is 42.7 Å². The molecule has 1 fully saturated rings. The number of aliphatic hydroxyl groups excluding tert-OH is 1. The minimum absolute atomic E-state index is 0.0780. The third kappa shape index (κ3) is 4.26. The molecule has 1 aliphatic heterocycles. The van der Waals surface area contributed by atoms with Crippen molar-refractivity contribution < 1.29 is 18.4 Å². The Morgan fingerprint density at radius 1 is 1.11 bits per heavy atom. The lowest BCUT2D eigenvalue weighted by Crippen LogP contribution is -2.35. The van der Waals surface area contributed by atoms with Gasteiger partial charge < -0.3 is 10.4 Å². The zero-order chi connectivity index (χ0) is 19.4. The van der Waals surface area contributed by atoms with E-state index in [9.17, 15) is 23.6 Å². The highest BCUT2D eigenvalue weighted by Gasteiger charge is 2.28. The van der Waals surface area contributed by atoms with Crippen LogP contribution in [-0.2, 0) is 16.6 Å².